The lowest BCUT2D eigenvalue weighted by atomic mass is 9.98. The highest BCUT2D eigenvalue weighted by atomic mass is 127. The number of nitrogens with zero attached hydrogens (tertiary/aromatic N) is 1. The number of halogens is 1. The molecule has 0 radical (unpaired) electrons. The number of hydrogen-bond donors (Lipinski definition) is 2. The van der Waals surface area contributed by atoms with Crippen molar-refractivity contribution in [1.29, 1.82) is 0 Å². The Balaban J connectivity index is 0.00000484. The second-order valence-corrected chi connectivity index (χ2v) is 5.50. The molecule has 0 aromatic rings. The van der Waals surface area contributed by atoms with E-state index in [9.17, 15) is 4.79 Å². The van der Waals surface area contributed by atoms with Crippen molar-refractivity contribution in [2.24, 2.45) is 4.99 Å². The summed E-state index contributed by atoms with van der Waals surface area (Å²) in [6.07, 6.45) is 8.10. The normalized spacial score (nSPS) is 15.7. The van der Waals surface area contributed by atoms with Gasteiger partial charge in [-0.2, -0.15) is 0 Å². The lowest BCUT2D eigenvalue weighted by Crippen LogP contribution is -2.38. The van der Waals surface area contributed by atoms with Gasteiger partial charge in [0.1, 0.15) is 0 Å². The van der Waals surface area contributed by atoms with Crippen LogP contribution in [-0.4, -0.2) is 51.4 Å². The Labute approximate surface area is 157 Å². The lowest BCUT2D eigenvalue weighted by Gasteiger charge is -2.21. The number of carbonyl (C=O) groups excluding carboxylic acids is 1. The van der Waals surface area contributed by atoms with Crippen LogP contribution in [0.3, 0.4) is 0 Å². The molecule has 7 heteroatoms. The molecule has 1 fully saturated rings. The van der Waals surface area contributed by atoms with Crippen LogP contribution in [0.25, 0.3) is 0 Å². The Morgan fingerprint density at radius 1 is 1.22 bits per heavy atom. The first kappa shape index (κ1) is 22.4. The predicted octanol–water partition coefficient (Wildman–Crippen LogP) is 2.46. The highest BCUT2D eigenvalue weighted by Gasteiger charge is 2.12. The van der Waals surface area contributed by atoms with Gasteiger partial charge in [0.2, 0.25) is 0 Å². The molecule has 0 atom stereocenters. The van der Waals surface area contributed by atoms with E-state index in [1.807, 2.05) is 6.92 Å². The van der Waals surface area contributed by atoms with Crippen LogP contribution in [-0.2, 0) is 14.3 Å². The van der Waals surface area contributed by atoms with Crippen molar-refractivity contribution < 1.29 is 14.3 Å². The molecule has 0 unspecified atom stereocenters. The average Bonchev–Trinajstić information content (AvgIpc) is 2.55. The standard InChI is InChI=1S/C16H31N3O3.HI/c1-3-17-16(19-12-10-15(20)21-2)18-11-7-13-22-14-8-5-4-6-9-14;/h14H,3-13H2,1-2H3,(H2,17,18,19);1H. The molecule has 0 bridgehead atoms. The van der Waals surface area contributed by atoms with E-state index in [-0.39, 0.29) is 29.9 Å². The van der Waals surface area contributed by atoms with Gasteiger partial charge in [0, 0.05) is 26.2 Å². The summed E-state index contributed by atoms with van der Waals surface area (Å²) in [7, 11) is 1.40. The van der Waals surface area contributed by atoms with Gasteiger partial charge in [-0.3, -0.25) is 9.79 Å². The van der Waals surface area contributed by atoms with Gasteiger partial charge in [0.15, 0.2) is 5.96 Å². The molecule has 0 aromatic carbocycles. The number of aliphatic imine (C=N–C) groups is 1. The minimum absolute atomic E-state index is 0. The predicted molar refractivity (Wildman–Crippen MR) is 103 cm³/mol. The quantitative estimate of drug-likeness (QED) is 0.189. The maximum atomic E-state index is 11.1. The molecule has 6 nitrogen and oxygen atoms in total. The van der Waals surface area contributed by atoms with E-state index in [4.69, 9.17) is 4.74 Å². The summed E-state index contributed by atoms with van der Waals surface area (Å²) in [6.45, 7) is 4.83. The molecular formula is C16H32IN3O3. The van der Waals surface area contributed by atoms with Gasteiger partial charge in [-0.25, -0.2) is 0 Å². The summed E-state index contributed by atoms with van der Waals surface area (Å²) in [5.74, 6) is 0.522. The number of rotatable bonds is 9. The van der Waals surface area contributed by atoms with Crippen LogP contribution in [0.2, 0.25) is 0 Å². The Hall–Kier alpha value is -0.570. The van der Waals surface area contributed by atoms with Gasteiger partial charge in [0.25, 0.3) is 0 Å². The fourth-order valence-electron chi connectivity index (χ4n) is 2.46. The van der Waals surface area contributed by atoms with Crippen LogP contribution in [0.15, 0.2) is 4.99 Å². The minimum atomic E-state index is -0.218. The first-order chi connectivity index (χ1) is 10.8. The molecule has 1 aliphatic rings. The highest BCUT2D eigenvalue weighted by Crippen LogP contribution is 2.20. The summed E-state index contributed by atoms with van der Waals surface area (Å²) in [5, 5.41) is 6.28. The smallest absolute Gasteiger partial charge is 0.307 e. The molecule has 2 N–H and O–H groups in total. The second-order valence-electron chi connectivity index (χ2n) is 5.50. The molecule has 0 saturated heterocycles. The van der Waals surface area contributed by atoms with Crippen LogP contribution in [0.4, 0.5) is 0 Å². The molecule has 0 aliphatic heterocycles. The van der Waals surface area contributed by atoms with Crippen molar-refractivity contribution in [2.75, 3.05) is 33.4 Å². The topological polar surface area (TPSA) is 72.0 Å². The summed E-state index contributed by atoms with van der Waals surface area (Å²) >= 11 is 0. The van der Waals surface area contributed by atoms with Crippen LogP contribution in [0.1, 0.15) is 51.9 Å². The van der Waals surface area contributed by atoms with E-state index in [0.717, 1.165) is 32.1 Å². The van der Waals surface area contributed by atoms with Crippen LogP contribution in [0.5, 0.6) is 0 Å². The number of nitrogens with one attached hydrogen (secondary N) is 2. The molecule has 1 saturated carbocycles. The summed E-state index contributed by atoms with van der Waals surface area (Å²) in [4.78, 5) is 15.5. The largest absolute Gasteiger partial charge is 0.469 e. The van der Waals surface area contributed by atoms with Crippen molar-refractivity contribution in [2.45, 2.75) is 58.0 Å². The van der Waals surface area contributed by atoms with Crippen LogP contribution >= 0.6 is 24.0 Å². The molecule has 1 aliphatic carbocycles. The molecule has 0 spiro atoms. The Morgan fingerprint density at radius 3 is 2.61 bits per heavy atom. The van der Waals surface area contributed by atoms with Crippen LogP contribution in [0, 0.1) is 0 Å². The third-order valence-corrected chi connectivity index (χ3v) is 3.67. The summed E-state index contributed by atoms with van der Waals surface area (Å²) in [5.41, 5.74) is 0. The Morgan fingerprint density at radius 2 is 1.96 bits per heavy atom. The van der Waals surface area contributed by atoms with E-state index in [1.165, 1.54) is 39.2 Å². The van der Waals surface area contributed by atoms with Crippen molar-refractivity contribution >= 4 is 35.9 Å². The van der Waals surface area contributed by atoms with E-state index < -0.39 is 0 Å². The van der Waals surface area contributed by atoms with E-state index >= 15 is 0 Å². The monoisotopic (exact) mass is 441 g/mol. The zero-order chi connectivity index (χ0) is 16.0. The van der Waals surface area contributed by atoms with E-state index in [0.29, 0.717) is 19.1 Å². The van der Waals surface area contributed by atoms with Crippen molar-refractivity contribution in [3.05, 3.63) is 0 Å². The average molecular weight is 441 g/mol. The number of hydrogen-bond acceptors (Lipinski definition) is 4. The number of carbonyl (C=O) groups is 1. The molecule has 136 valence electrons. The van der Waals surface area contributed by atoms with E-state index in [1.54, 1.807) is 0 Å². The van der Waals surface area contributed by atoms with Crippen molar-refractivity contribution in [3.63, 3.8) is 0 Å². The first-order valence-corrected chi connectivity index (χ1v) is 8.46. The Kier molecular flexibility index (Phi) is 14.6. The number of guanidine groups is 1. The van der Waals surface area contributed by atoms with E-state index in [2.05, 4.69) is 20.4 Å². The summed E-state index contributed by atoms with van der Waals surface area (Å²) < 4.78 is 10.5. The highest BCUT2D eigenvalue weighted by molar-refractivity contribution is 14.0. The number of methoxy groups -OCH3 is 1. The fraction of sp³-hybridized carbons (Fsp3) is 0.875. The van der Waals surface area contributed by atoms with Gasteiger partial charge < -0.3 is 20.1 Å². The first-order valence-electron chi connectivity index (χ1n) is 8.46. The van der Waals surface area contributed by atoms with Crippen LogP contribution < -0.4 is 10.6 Å². The molecule has 0 heterocycles. The fourth-order valence-corrected chi connectivity index (χ4v) is 2.46. The molecule has 1 rings (SSSR count). The minimum Gasteiger partial charge on any atom is -0.469 e. The van der Waals surface area contributed by atoms with Crippen molar-refractivity contribution in [3.8, 4) is 0 Å². The Bertz CT molecular complexity index is 335. The number of ether oxygens (including phenoxy) is 2. The number of esters is 1. The summed E-state index contributed by atoms with van der Waals surface area (Å²) in [6, 6.07) is 0. The molecule has 0 amide bonds. The van der Waals surface area contributed by atoms with Gasteiger partial charge in [-0.15, -0.1) is 24.0 Å². The third-order valence-electron chi connectivity index (χ3n) is 3.67. The second kappa shape index (κ2) is 15.0. The molecule has 23 heavy (non-hydrogen) atoms. The van der Waals surface area contributed by atoms with Gasteiger partial charge in [-0.1, -0.05) is 19.3 Å². The SMILES string of the molecule is CCNC(=NCCCOC1CCCCC1)NCCC(=O)OC.I. The maximum absolute atomic E-state index is 11.1. The van der Waals surface area contributed by atoms with Gasteiger partial charge in [-0.05, 0) is 26.2 Å². The lowest BCUT2D eigenvalue weighted by molar-refractivity contribution is -0.140. The zero-order valence-electron chi connectivity index (χ0n) is 14.4. The molecule has 0 aromatic heterocycles. The zero-order valence-corrected chi connectivity index (χ0v) is 16.8. The van der Waals surface area contributed by atoms with Gasteiger partial charge >= 0.3 is 5.97 Å². The van der Waals surface area contributed by atoms with Crippen molar-refractivity contribution in [1.82, 2.24) is 10.6 Å². The third kappa shape index (κ3) is 11.6. The van der Waals surface area contributed by atoms with Gasteiger partial charge in [0.05, 0.1) is 19.6 Å². The maximum Gasteiger partial charge on any atom is 0.307 e. The molecular weight excluding hydrogens is 409 g/mol.